The van der Waals surface area contributed by atoms with E-state index in [1.165, 1.54) is 0 Å². The molecular formula is C18H22ClN5O2. The van der Waals surface area contributed by atoms with Gasteiger partial charge in [-0.15, -0.1) is 5.10 Å². The summed E-state index contributed by atoms with van der Waals surface area (Å²) in [6.45, 7) is 2.91. The number of aromatic nitrogens is 3. The zero-order valence-corrected chi connectivity index (χ0v) is 15.9. The summed E-state index contributed by atoms with van der Waals surface area (Å²) in [5.41, 5.74) is 1.77. The van der Waals surface area contributed by atoms with Crippen LogP contribution in [-0.4, -0.2) is 63.8 Å². The molecule has 0 spiro atoms. The third-order valence-corrected chi connectivity index (χ3v) is 4.96. The second kappa shape index (κ2) is 7.45. The first-order chi connectivity index (χ1) is 12.4. The number of nitrogens with zero attached hydrogens (tertiary/aromatic N) is 5. The van der Waals surface area contributed by atoms with Crippen LogP contribution in [0.25, 0.3) is 5.69 Å². The zero-order valence-electron chi connectivity index (χ0n) is 15.1. The van der Waals surface area contributed by atoms with E-state index >= 15 is 0 Å². The second-order valence-corrected chi connectivity index (χ2v) is 7.15. The summed E-state index contributed by atoms with van der Waals surface area (Å²) >= 11 is 6.03. The topological polar surface area (TPSA) is 71.3 Å². The summed E-state index contributed by atoms with van der Waals surface area (Å²) < 4.78 is 1.61. The summed E-state index contributed by atoms with van der Waals surface area (Å²) in [6.07, 6.45) is 1.34. The van der Waals surface area contributed by atoms with Crippen LogP contribution in [0.1, 0.15) is 29.0 Å². The van der Waals surface area contributed by atoms with Gasteiger partial charge in [0.15, 0.2) is 5.69 Å². The Morgan fingerprint density at radius 1 is 1.23 bits per heavy atom. The van der Waals surface area contributed by atoms with E-state index in [1.807, 2.05) is 19.1 Å². The molecule has 0 radical (unpaired) electrons. The quantitative estimate of drug-likeness (QED) is 0.824. The van der Waals surface area contributed by atoms with Crippen LogP contribution in [-0.2, 0) is 4.79 Å². The molecule has 1 fully saturated rings. The Kier molecular flexibility index (Phi) is 5.27. The fourth-order valence-electron chi connectivity index (χ4n) is 3.22. The first-order valence-corrected chi connectivity index (χ1v) is 8.95. The summed E-state index contributed by atoms with van der Waals surface area (Å²) in [5, 5.41) is 8.79. The summed E-state index contributed by atoms with van der Waals surface area (Å²) in [4.78, 5) is 28.3. The normalized spacial score (nSPS) is 15.2. The highest BCUT2D eigenvalue weighted by Crippen LogP contribution is 2.22. The molecule has 0 bridgehead atoms. The van der Waals surface area contributed by atoms with Gasteiger partial charge in [0.2, 0.25) is 5.91 Å². The van der Waals surface area contributed by atoms with Crippen molar-refractivity contribution in [2.24, 2.45) is 5.92 Å². The Morgan fingerprint density at radius 2 is 1.92 bits per heavy atom. The number of benzene rings is 1. The van der Waals surface area contributed by atoms with Gasteiger partial charge in [0.25, 0.3) is 5.91 Å². The highest BCUT2D eigenvalue weighted by molar-refractivity contribution is 6.30. The van der Waals surface area contributed by atoms with Gasteiger partial charge in [-0.2, -0.15) is 0 Å². The molecule has 1 aromatic carbocycles. The van der Waals surface area contributed by atoms with Crippen molar-refractivity contribution in [3.8, 4) is 5.69 Å². The van der Waals surface area contributed by atoms with Crippen LogP contribution in [0.2, 0.25) is 5.02 Å². The van der Waals surface area contributed by atoms with Gasteiger partial charge >= 0.3 is 0 Å². The van der Waals surface area contributed by atoms with Crippen molar-refractivity contribution in [1.82, 2.24) is 24.8 Å². The summed E-state index contributed by atoms with van der Waals surface area (Å²) in [5.74, 6) is -0.0380. The van der Waals surface area contributed by atoms with E-state index in [-0.39, 0.29) is 17.7 Å². The van der Waals surface area contributed by atoms with E-state index in [4.69, 9.17) is 11.6 Å². The number of hydrogen-bond donors (Lipinski definition) is 0. The lowest BCUT2D eigenvalue weighted by Gasteiger charge is -2.32. The van der Waals surface area contributed by atoms with E-state index in [2.05, 4.69) is 10.3 Å². The third kappa shape index (κ3) is 3.58. The number of piperidine rings is 1. The minimum absolute atomic E-state index is 0.0164. The molecule has 2 aromatic rings. The summed E-state index contributed by atoms with van der Waals surface area (Å²) in [7, 11) is 3.52. The molecule has 8 heteroatoms. The average Bonchev–Trinajstić information content (AvgIpc) is 3.02. The van der Waals surface area contributed by atoms with Crippen LogP contribution in [0.15, 0.2) is 24.3 Å². The minimum Gasteiger partial charge on any atom is -0.349 e. The Bertz CT molecular complexity index is 825. The molecule has 0 atom stereocenters. The number of likely N-dealkylation sites (tertiary alicyclic amines) is 1. The molecule has 0 saturated carbocycles. The van der Waals surface area contributed by atoms with Crippen LogP contribution in [0.5, 0.6) is 0 Å². The van der Waals surface area contributed by atoms with Gasteiger partial charge in [0.1, 0.15) is 0 Å². The molecule has 26 heavy (non-hydrogen) atoms. The Hall–Kier alpha value is -2.41. The number of amides is 2. The van der Waals surface area contributed by atoms with Crippen molar-refractivity contribution in [3.63, 3.8) is 0 Å². The Morgan fingerprint density at radius 3 is 2.54 bits per heavy atom. The third-order valence-electron chi connectivity index (χ3n) is 4.72. The molecule has 0 unspecified atom stereocenters. The maximum Gasteiger partial charge on any atom is 0.276 e. The molecule has 2 heterocycles. The van der Waals surface area contributed by atoms with E-state index in [0.717, 1.165) is 5.69 Å². The lowest BCUT2D eigenvalue weighted by molar-refractivity contribution is -0.134. The molecule has 7 nitrogen and oxygen atoms in total. The highest BCUT2D eigenvalue weighted by atomic mass is 35.5. The van der Waals surface area contributed by atoms with Gasteiger partial charge < -0.3 is 9.80 Å². The van der Waals surface area contributed by atoms with Gasteiger partial charge in [-0.3, -0.25) is 9.59 Å². The van der Waals surface area contributed by atoms with Crippen molar-refractivity contribution < 1.29 is 9.59 Å². The molecule has 0 aliphatic carbocycles. The van der Waals surface area contributed by atoms with Gasteiger partial charge in [-0.1, -0.05) is 22.9 Å². The predicted octanol–water partition coefficient (Wildman–Crippen LogP) is 2.17. The maximum absolute atomic E-state index is 12.8. The van der Waals surface area contributed by atoms with Crippen LogP contribution < -0.4 is 0 Å². The van der Waals surface area contributed by atoms with Crippen molar-refractivity contribution in [2.45, 2.75) is 19.8 Å². The number of rotatable bonds is 3. The van der Waals surface area contributed by atoms with Crippen LogP contribution in [0, 0.1) is 12.8 Å². The largest absolute Gasteiger partial charge is 0.349 e. The molecule has 138 valence electrons. The van der Waals surface area contributed by atoms with Gasteiger partial charge in [-0.05, 0) is 38.0 Å². The van der Waals surface area contributed by atoms with Crippen molar-refractivity contribution >= 4 is 23.4 Å². The van der Waals surface area contributed by atoms with Gasteiger partial charge in [-0.25, -0.2) is 4.68 Å². The molecule has 0 N–H and O–H groups in total. The smallest absolute Gasteiger partial charge is 0.276 e. The first-order valence-electron chi connectivity index (χ1n) is 8.57. The monoisotopic (exact) mass is 375 g/mol. The van der Waals surface area contributed by atoms with E-state index in [9.17, 15) is 9.59 Å². The minimum atomic E-state index is -0.147. The molecule has 2 amide bonds. The number of halogens is 1. The molecule has 1 aromatic heterocycles. The van der Waals surface area contributed by atoms with E-state index in [1.54, 1.807) is 40.7 Å². The Balaban J connectivity index is 1.73. The number of carbonyl (C=O) groups is 2. The molecular weight excluding hydrogens is 354 g/mol. The second-order valence-electron chi connectivity index (χ2n) is 6.71. The molecule has 1 saturated heterocycles. The molecule has 1 aliphatic heterocycles. The SMILES string of the molecule is Cc1c(C(=O)N2CCC(C(=O)N(C)C)CC2)nnn1-c1cccc(Cl)c1. The van der Waals surface area contributed by atoms with Crippen molar-refractivity contribution in [2.75, 3.05) is 27.2 Å². The van der Waals surface area contributed by atoms with Crippen LogP contribution in [0.4, 0.5) is 0 Å². The first kappa shape index (κ1) is 18.4. The van der Waals surface area contributed by atoms with Gasteiger partial charge in [0, 0.05) is 38.1 Å². The maximum atomic E-state index is 12.8. The zero-order chi connectivity index (χ0) is 18.8. The standard InChI is InChI=1S/C18H22ClN5O2/c1-12-16(20-21-24(12)15-6-4-5-14(19)11-15)18(26)23-9-7-13(8-10-23)17(25)22(2)3/h4-6,11,13H,7-10H2,1-3H3. The Labute approximate surface area is 157 Å². The molecule has 1 aliphatic rings. The van der Waals surface area contributed by atoms with Gasteiger partial charge in [0.05, 0.1) is 11.4 Å². The molecule has 3 rings (SSSR count). The highest BCUT2D eigenvalue weighted by Gasteiger charge is 2.30. The average molecular weight is 376 g/mol. The van der Waals surface area contributed by atoms with E-state index in [0.29, 0.717) is 42.3 Å². The fourth-order valence-corrected chi connectivity index (χ4v) is 3.41. The van der Waals surface area contributed by atoms with Crippen molar-refractivity contribution in [1.29, 1.82) is 0 Å². The lowest BCUT2D eigenvalue weighted by atomic mass is 9.95. The number of hydrogen-bond acceptors (Lipinski definition) is 4. The number of carbonyl (C=O) groups excluding carboxylic acids is 2. The lowest BCUT2D eigenvalue weighted by Crippen LogP contribution is -2.43. The summed E-state index contributed by atoms with van der Waals surface area (Å²) in [6, 6.07) is 7.24. The van der Waals surface area contributed by atoms with E-state index < -0.39 is 0 Å². The van der Waals surface area contributed by atoms with Crippen molar-refractivity contribution in [3.05, 3.63) is 40.7 Å². The fraction of sp³-hybridized carbons (Fsp3) is 0.444. The predicted molar refractivity (Wildman–Crippen MR) is 98.4 cm³/mol. The van der Waals surface area contributed by atoms with Crippen LogP contribution in [0.3, 0.4) is 0 Å². The van der Waals surface area contributed by atoms with Crippen LogP contribution >= 0.6 is 11.6 Å².